The van der Waals surface area contributed by atoms with Crippen LogP contribution in [0, 0.1) is 11.6 Å². The molecular weight excluding hydrogens is 534 g/mol. The van der Waals surface area contributed by atoms with E-state index in [0.29, 0.717) is 5.56 Å². The van der Waals surface area contributed by atoms with E-state index in [1.54, 1.807) is 0 Å². The topological polar surface area (TPSA) is 124 Å². The fourth-order valence-corrected chi connectivity index (χ4v) is 5.53. The van der Waals surface area contributed by atoms with Crippen LogP contribution in [0.4, 0.5) is 14.5 Å². The van der Waals surface area contributed by atoms with Crippen LogP contribution in [0.1, 0.15) is 18.1 Å². The number of halogens is 2. The summed E-state index contributed by atoms with van der Waals surface area (Å²) in [5.74, 6) is -2.22. The summed E-state index contributed by atoms with van der Waals surface area (Å²) >= 11 is 0. The highest BCUT2D eigenvalue weighted by atomic mass is 32.2. The zero-order valence-electron chi connectivity index (χ0n) is 20.3. The molecule has 1 aliphatic heterocycles. The minimum Gasteiger partial charge on any atom is -0.506 e. The standard InChI is InChI=1S/C27H20F2N2O7S/c1-15(32)37-14-38-19-7-8-21-24(11-19)39(35,36)13-22(30-21)25-26(33)20-10-18(29)6-9-23(20)31(27(25)34)12-16-2-4-17(28)5-3-16/h2-11,13,30,33H,12,14H2,1H3. The predicted molar refractivity (Wildman–Crippen MR) is 138 cm³/mol. The van der Waals surface area contributed by atoms with E-state index in [0.717, 1.165) is 17.5 Å². The quantitative estimate of drug-likeness (QED) is 0.269. The highest BCUT2D eigenvalue weighted by Gasteiger charge is 2.29. The maximum Gasteiger partial charge on any atom is 0.305 e. The summed E-state index contributed by atoms with van der Waals surface area (Å²) < 4.78 is 65.2. The Bertz CT molecular complexity index is 1830. The van der Waals surface area contributed by atoms with Gasteiger partial charge in [0.1, 0.15) is 28.7 Å². The molecular formula is C27H20F2N2O7S. The molecule has 4 aromatic rings. The number of anilines is 1. The molecule has 0 aliphatic carbocycles. The van der Waals surface area contributed by atoms with Gasteiger partial charge in [0.05, 0.1) is 33.7 Å². The second-order valence-electron chi connectivity index (χ2n) is 8.66. The van der Waals surface area contributed by atoms with Gasteiger partial charge in [-0.25, -0.2) is 17.2 Å². The molecule has 0 saturated heterocycles. The van der Waals surface area contributed by atoms with E-state index in [9.17, 15) is 31.9 Å². The molecule has 200 valence electrons. The molecule has 3 aromatic carbocycles. The molecule has 1 aromatic heterocycles. The summed E-state index contributed by atoms with van der Waals surface area (Å²) in [7, 11) is -4.16. The van der Waals surface area contributed by atoms with Crippen LogP contribution in [-0.2, 0) is 25.9 Å². The monoisotopic (exact) mass is 554 g/mol. The number of carbonyl (C=O) groups is 1. The number of nitrogens with one attached hydrogen (secondary N) is 1. The number of hydrogen-bond acceptors (Lipinski definition) is 8. The van der Waals surface area contributed by atoms with E-state index in [2.05, 4.69) is 5.32 Å². The van der Waals surface area contributed by atoms with Gasteiger partial charge in [-0.15, -0.1) is 0 Å². The minimum absolute atomic E-state index is 0.0215. The Balaban J connectivity index is 1.62. The number of hydrogen-bond donors (Lipinski definition) is 2. The summed E-state index contributed by atoms with van der Waals surface area (Å²) in [5, 5.41) is 14.7. The molecule has 0 fully saturated rings. The summed E-state index contributed by atoms with van der Waals surface area (Å²) in [6.45, 7) is 0.715. The molecule has 12 heteroatoms. The van der Waals surface area contributed by atoms with Crippen molar-refractivity contribution in [2.24, 2.45) is 0 Å². The lowest BCUT2D eigenvalue weighted by Crippen LogP contribution is -2.27. The van der Waals surface area contributed by atoms with Gasteiger partial charge < -0.3 is 24.5 Å². The smallest absolute Gasteiger partial charge is 0.305 e. The van der Waals surface area contributed by atoms with Gasteiger partial charge in [-0.2, -0.15) is 0 Å². The molecule has 39 heavy (non-hydrogen) atoms. The van der Waals surface area contributed by atoms with Gasteiger partial charge in [-0.3, -0.25) is 9.59 Å². The van der Waals surface area contributed by atoms with Crippen molar-refractivity contribution in [3.8, 4) is 11.5 Å². The van der Waals surface area contributed by atoms with Crippen molar-refractivity contribution in [1.29, 1.82) is 0 Å². The normalized spacial score (nSPS) is 13.8. The molecule has 0 radical (unpaired) electrons. The van der Waals surface area contributed by atoms with Crippen molar-refractivity contribution in [3.05, 3.63) is 99.2 Å². The molecule has 0 spiro atoms. The number of nitrogens with zero attached hydrogens (tertiary/aromatic N) is 1. The van der Waals surface area contributed by atoms with Crippen LogP contribution in [0.2, 0.25) is 0 Å². The van der Waals surface area contributed by atoms with Gasteiger partial charge in [-0.05, 0) is 48.0 Å². The largest absolute Gasteiger partial charge is 0.506 e. The number of aromatic nitrogens is 1. The molecule has 2 N–H and O–H groups in total. The van der Waals surface area contributed by atoms with Crippen LogP contribution in [0.15, 0.2) is 75.8 Å². The average molecular weight is 555 g/mol. The molecule has 0 unspecified atom stereocenters. The third-order valence-electron chi connectivity index (χ3n) is 6.01. The number of aromatic hydroxyl groups is 1. The van der Waals surface area contributed by atoms with E-state index < -0.39 is 45.5 Å². The number of carbonyl (C=O) groups excluding carboxylic acids is 1. The van der Waals surface area contributed by atoms with Gasteiger partial charge in [0.25, 0.3) is 5.56 Å². The van der Waals surface area contributed by atoms with Crippen LogP contribution in [0.3, 0.4) is 0 Å². The first-order valence-electron chi connectivity index (χ1n) is 11.5. The Hall–Kier alpha value is -4.71. The first-order chi connectivity index (χ1) is 18.5. The summed E-state index contributed by atoms with van der Waals surface area (Å²) in [4.78, 5) is 24.5. The highest BCUT2D eigenvalue weighted by Crippen LogP contribution is 2.38. The maximum atomic E-state index is 14.2. The van der Waals surface area contributed by atoms with Crippen molar-refractivity contribution >= 4 is 38.1 Å². The summed E-state index contributed by atoms with van der Waals surface area (Å²) in [5.41, 5.74) is -0.533. The van der Waals surface area contributed by atoms with E-state index in [1.165, 1.54) is 60.0 Å². The van der Waals surface area contributed by atoms with Crippen molar-refractivity contribution in [1.82, 2.24) is 4.57 Å². The third-order valence-corrected chi connectivity index (χ3v) is 7.51. The van der Waals surface area contributed by atoms with Gasteiger partial charge in [0, 0.05) is 18.4 Å². The number of benzene rings is 3. The van der Waals surface area contributed by atoms with Crippen LogP contribution < -0.4 is 15.6 Å². The van der Waals surface area contributed by atoms with Gasteiger partial charge in [-0.1, -0.05) is 12.1 Å². The number of esters is 1. The zero-order valence-corrected chi connectivity index (χ0v) is 21.1. The summed E-state index contributed by atoms with van der Waals surface area (Å²) in [6, 6.07) is 12.9. The number of sulfone groups is 1. The van der Waals surface area contributed by atoms with Crippen molar-refractivity contribution in [3.63, 3.8) is 0 Å². The van der Waals surface area contributed by atoms with E-state index >= 15 is 0 Å². The highest BCUT2D eigenvalue weighted by molar-refractivity contribution is 7.94. The van der Waals surface area contributed by atoms with E-state index in [-0.39, 0.29) is 45.0 Å². The second kappa shape index (κ2) is 9.87. The minimum atomic E-state index is -4.16. The fourth-order valence-electron chi connectivity index (χ4n) is 4.21. The Morgan fingerprint density at radius 1 is 1.03 bits per heavy atom. The lowest BCUT2D eigenvalue weighted by Gasteiger charge is -2.22. The zero-order chi connectivity index (χ0) is 27.9. The van der Waals surface area contributed by atoms with Gasteiger partial charge in [0.2, 0.25) is 16.6 Å². The molecule has 0 bridgehead atoms. The Labute approximate surface area is 220 Å². The van der Waals surface area contributed by atoms with Crippen LogP contribution >= 0.6 is 0 Å². The third kappa shape index (κ3) is 5.06. The SMILES string of the molecule is CC(=O)OCOc1ccc2c(c1)S(=O)(=O)C=C(c1c(O)c3cc(F)ccc3n(Cc3ccc(F)cc3)c1=O)N2. The molecule has 2 heterocycles. The van der Waals surface area contributed by atoms with Gasteiger partial charge >= 0.3 is 5.97 Å². The molecule has 0 atom stereocenters. The number of rotatable bonds is 6. The lowest BCUT2D eigenvalue weighted by molar-refractivity contribution is -0.147. The van der Waals surface area contributed by atoms with Gasteiger partial charge in [0.15, 0.2) is 0 Å². The Morgan fingerprint density at radius 3 is 2.46 bits per heavy atom. The van der Waals surface area contributed by atoms with Crippen LogP contribution in [0.25, 0.3) is 16.6 Å². The lowest BCUT2D eigenvalue weighted by atomic mass is 10.1. The van der Waals surface area contributed by atoms with E-state index in [1.807, 2.05) is 0 Å². The van der Waals surface area contributed by atoms with Crippen LogP contribution in [0.5, 0.6) is 11.5 Å². The molecule has 5 rings (SSSR count). The van der Waals surface area contributed by atoms with Crippen molar-refractivity contribution in [2.45, 2.75) is 18.4 Å². The first kappa shape index (κ1) is 25.9. The Morgan fingerprint density at radius 2 is 1.74 bits per heavy atom. The van der Waals surface area contributed by atoms with Crippen molar-refractivity contribution in [2.75, 3.05) is 12.1 Å². The second-order valence-corrected chi connectivity index (χ2v) is 10.4. The molecule has 1 aliphatic rings. The molecule has 0 amide bonds. The number of fused-ring (bicyclic) bond motifs is 2. The predicted octanol–water partition coefficient (Wildman–Crippen LogP) is 4.13. The first-order valence-corrected chi connectivity index (χ1v) is 13.0. The fraction of sp³-hybridized carbons (Fsp3) is 0.111. The van der Waals surface area contributed by atoms with Crippen molar-refractivity contribution < 1.29 is 36.6 Å². The average Bonchev–Trinajstić information content (AvgIpc) is 2.88. The maximum absolute atomic E-state index is 14.2. The number of pyridine rings is 1. The van der Waals surface area contributed by atoms with Crippen LogP contribution in [-0.4, -0.2) is 30.9 Å². The van der Waals surface area contributed by atoms with E-state index in [4.69, 9.17) is 9.47 Å². The molecule has 9 nitrogen and oxygen atoms in total. The molecule has 0 saturated carbocycles. The summed E-state index contributed by atoms with van der Waals surface area (Å²) in [6.07, 6.45) is 0. The number of ether oxygens (including phenoxy) is 2. The Kier molecular flexibility index (Phi) is 6.56.